The van der Waals surface area contributed by atoms with Crippen molar-refractivity contribution in [2.75, 3.05) is 31.7 Å². The summed E-state index contributed by atoms with van der Waals surface area (Å²) in [6, 6.07) is 12.4. The Morgan fingerprint density at radius 3 is 2.36 bits per heavy atom. The summed E-state index contributed by atoms with van der Waals surface area (Å²) >= 11 is 0. The van der Waals surface area contributed by atoms with Crippen LogP contribution in [0.3, 0.4) is 0 Å². The van der Waals surface area contributed by atoms with Gasteiger partial charge in [-0.25, -0.2) is 8.42 Å². The minimum Gasteiger partial charge on any atom is -0.399 e. The van der Waals surface area contributed by atoms with Gasteiger partial charge in [-0.05, 0) is 63.5 Å². The highest BCUT2D eigenvalue weighted by Crippen LogP contribution is 2.28. The van der Waals surface area contributed by atoms with E-state index in [0.29, 0.717) is 18.5 Å². The van der Waals surface area contributed by atoms with E-state index in [0.717, 1.165) is 6.54 Å². The summed E-state index contributed by atoms with van der Waals surface area (Å²) < 4.78 is 25.7. The van der Waals surface area contributed by atoms with Crippen molar-refractivity contribution in [1.82, 2.24) is 4.90 Å². The highest BCUT2D eigenvalue weighted by Gasteiger charge is 2.21. The minimum absolute atomic E-state index is 0.0701. The number of amides is 1. The van der Waals surface area contributed by atoms with Gasteiger partial charge in [-0.1, -0.05) is 12.1 Å². The number of carbonyl (C=O) groups excluding carboxylic acids is 1. The van der Waals surface area contributed by atoms with E-state index >= 15 is 0 Å². The van der Waals surface area contributed by atoms with Crippen LogP contribution in [0.15, 0.2) is 58.3 Å². The molecule has 0 aromatic heterocycles. The van der Waals surface area contributed by atoms with Crippen LogP contribution in [0.2, 0.25) is 0 Å². The molecular formula is C18H23N3O3S. The van der Waals surface area contributed by atoms with Gasteiger partial charge in [0.1, 0.15) is 0 Å². The summed E-state index contributed by atoms with van der Waals surface area (Å²) in [6.07, 6.45) is 1.03. The standard InChI is InChI=1S/C18H23N3O3S/c1-21(2)13-5-8-18(22)20-16-6-3-4-7-17(16)25(23,24)15-11-9-14(19)10-12-15/h3-4,6-7,9-12H,5,8,13,19H2,1-2H3,(H,20,22). The molecule has 0 atom stereocenters. The Balaban J connectivity index is 2.22. The lowest BCUT2D eigenvalue weighted by atomic mass is 10.2. The van der Waals surface area contributed by atoms with Gasteiger partial charge >= 0.3 is 0 Å². The Morgan fingerprint density at radius 1 is 1.08 bits per heavy atom. The molecule has 0 aliphatic rings. The first kappa shape index (κ1) is 19.0. The van der Waals surface area contributed by atoms with E-state index in [-0.39, 0.29) is 21.4 Å². The van der Waals surface area contributed by atoms with Crippen LogP contribution in [0, 0.1) is 0 Å². The third-order valence-corrected chi connectivity index (χ3v) is 5.48. The van der Waals surface area contributed by atoms with Crippen molar-refractivity contribution in [2.45, 2.75) is 22.6 Å². The van der Waals surface area contributed by atoms with Crippen LogP contribution < -0.4 is 11.1 Å². The molecule has 0 aliphatic carbocycles. The Morgan fingerprint density at radius 2 is 1.72 bits per heavy atom. The Labute approximate surface area is 148 Å². The fourth-order valence-corrected chi connectivity index (χ4v) is 3.76. The average Bonchev–Trinajstić information content (AvgIpc) is 2.55. The van der Waals surface area contributed by atoms with Gasteiger partial charge in [0.25, 0.3) is 0 Å². The van der Waals surface area contributed by atoms with Gasteiger partial charge in [0, 0.05) is 12.1 Å². The van der Waals surface area contributed by atoms with Crippen molar-refractivity contribution < 1.29 is 13.2 Å². The zero-order valence-electron chi connectivity index (χ0n) is 14.4. The normalized spacial score (nSPS) is 11.5. The molecular weight excluding hydrogens is 338 g/mol. The molecule has 25 heavy (non-hydrogen) atoms. The predicted molar refractivity (Wildman–Crippen MR) is 99.2 cm³/mol. The largest absolute Gasteiger partial charge is 0.399 e. The van der Waals surface area contributed by atoms with Crippen LogP contribution in [0.4, 0.5) is 11.4 Å². The van der Waals surface area contributed by atoms with Crippen molar-refractivity contribution >= 4 is 27.1 Å². The number of carbonyl (C=O) groups is 1. The third kappa shape index (κ3) is 5.04. The van der Waals surface area contributed by atoms with Crippen molar-refractivity contribution in [3.8, 4) is 0 Å². The second-order valence-corrected chi connectivity index (χ2v) is 7.94. The van der Waals surface area contributed by atoms with Crippen molar-refractivity contribution in [3.63, 3.8) is 0 Å². The van der Waals surface area contributed by atoms with Gasteiger partial charge < -0.3 is 16.0 Å². The third-order valence-electron chi connectivity index (χ3n) is 3.65. The molecule has 0 saturated carbocycles. The molecule has 0 heterocycles. The van der Waals surface area contributed by atoms with Crippen LogP contribution in [0.25, 0.3) is 0 Å². The lowest BCUT2D eigenvalue weighted by Crippen LogP contribution is -2.18. The molecule has 0 saturated heterocycles. The lowest BCUT2D eigenvalue weighted by molar-refractivity contribution is -0.116. The molecule has 6 nitrogen and oxygen atoms in total. The molecule has 7 heteroatoms. The summed E-state index contributed by atoms with van der Waals surface area (Å²) in [5.41, 5.74) is 6.39. The molecule has 0 aliphatic heterocycles. The monoisotopic (exact) mass is 361 g/mol. The number of sulfone groups is 1. The summed E-state index contributed by atoms with van der Waals surface area (Å²) in [5, 5.41) is 2.71. The Kier molecular flexibility index (Phi) is 6.17. The molecule has 0 spiro atoms. The van der Waals surface area contributed by atoms with Crippen LogP contribution in [-0.2, 0) is 14.6 Å². The number of anilines is 2. The predicted octanol–water partition coefficient (Wildman–Crippen LogP) is 2.38. The number of hydrogen-bond acceptors (Lipinski definition) is 5. The first-order valence-electron chi connectivity index (χ1n) is 7.95. The molecule has 0 radical (unpaired) electrons. The summed E-state index contributed by atoms with van der Waals surface area (Å²) in [5.74, 6) is -0.207. The topological polar surface area (TPSA) is 92.5 Å². The highest BCUT2D eigenvalue weighted by molar-refractivity contribution is 7.91. The van der Waals surface area contributed by atoms with Gasteiger partial charge in [-0.15, -0.1) is 0 Å². The summed E-state index contributed by atoms with van der Waals surface area (Å²) in [4.78, 5) is 14.3. The van der Waals surface area contributed by atoms with Gasteiger partial charge in [0.15, 0.2) is 0 Å². The highest BCUT2D eigenvalue weighted by atomic mass is 32.2. The maximum Gasteiger partial charge on any atom is 0.224 e. The molecule has 134 valence electrons. The van der Waals surface area contributed by atoms with Crippen LogP contribution in [0.5, 0.6) is 0 Å². The molecule has 2 rings (SSSR count). The number of para-hydroxylation sites is 1. The first-order chi connectivity index (χ1) is 11.8. The van der Waals surface area contributed by atoms with Crippen LogP contribution in [0.1, 0.15) is 12.8 Å². The van der Waals surface area contributed by atoms with Crippen LogP contribution in [-0.4, -0.2) is 39.9 Å². The summed E-state index contributed by atoms with van der Waals surface area (Å²) in [7, 11) is 0.129. The summed E-state index contributed by atoms with van der Waals surface area (Å²) in [6.45, 7) is 0.790. The smallest absolute Gasteiger partial charge is 0.224 e. The fraction of sp³-hybridized carbons (Fsp3) is 0.278. The van der Waals surface area contributed by atoms with Gasteiger partial charge in [-0.2, -0.15) is 0 Å². The lowest BCUT2D eigenvalue weighted by Gasteiger charge is -2.13. The van der Waals surface area contributed by atoms with E-state index in [9.17, 15) is 13.2 Å². The number of nitrogens with zero attached hydrogens (tertiary/aromatic N) is 1. The molecule has 1 amide bonds. The van der Waals surface area contributed by atoms with Crippen molar-refractivity contribution in [1.29, 1.82) is 0 Å². The van der Waals surface area contributed by atoms with E-state index < -0.39 is 9.84 Å². The second-order valence-electron chi connectivity index (χ2n) is 6.02. The quantitative estimate of drug-likeness (QED) is 0.739. The Hall–Kier alpha value is -2.38. The van der Waals surface area contributed by atoms with E-state index in [4.69, 9.17) is 5.73 Å². The SMILES string of the molecule is CN(C)CCCC(=O)Nc1ccccc1S(=O)(=O)c1ccc(N)cc1. The van der Waals surface area contributed by atoms with E-state index in [2.05, 4.69) is 5.32 Å². The number of rotatable bonds is 7. The molecule has 0 bridgehead atoms. The van der Waals surface area contributed by atoms with Crippen molar-refractivity contribution in [3.05, 3.63) is 48.5 Å². The average molecular weight is 361 g/mol. The van der Waals surface area contributed by atoms with Gasteiger partial charge in [0.05, 0.1) is 15.5 Å². The first-order valence-corrected chi connectivity index (χ1v) is 9.43. The van der Waals surface area contributed by atoms with Crippen molar-refractivity contribution in [2.24, 2.45) is 0 Å². The van der Waals surface area contributed by atoms with Crippen LogP contribution >= 0.6 is 0 Å². The zero-order valence-corrected chi connectivity index (χ0v) is 15.2. The molecule has 0 unspecified atom stereocenters. The minimum atomic E-state index is -3.74. The van der Waals surface area contributed by atoms with Gasteiger partial charge in [-0.3, -0.25) is 4.79 Å². The number of benzene rings is 2. The maximum absolute atomic E-state index is 12.9. The molecule has 2 aromatic carbocycles. The second kappa shape index (κ2) is 8.13. The number of nitrogens with two attached hydrogens (primary N) is 1. The maximum atomic E-state index is 12.9. The zero-order chi connectivity index (χ0) is 18.4. The fourth-order valence-electron chi connectivity index (χ4n) is 2.35. The van der Waals surface area contributed by atoms with Gasteiger partial charge in [0.2, 0.25) is 15.7 Å². The van der Waals surface area contributed by atoms with E-state index in [1.165, 1.54) is 30.3 Å². The Bertz CT molecular complexity index is 831. The number of nitrogen functional groups attached to an aromatic ring is 1. The molecule has 0 fully saturated rings. The number of nitrogens with one attached hydrogen (secondary N) is 1. The van der Waals surface area contributed by atoms with E-state index in [1.807, 2.05) is 19.0 Å². The number of hydrogen-bond donors (Lipinski definition) is 2. The van der Waals surface area contributed by atoms with E-state index in [1.54, 1.807) is 18.2 Å². The molecule has 2 aromatic rings. The molecule has 3 N–H and O–H groups in total.